The van der Waals surface area contributed by atoms with Crippen LogP contribution in [0.25, 0.3) is 0 Å². The molecule has 3 heteroatoms. The number of aryl methyl sites for hydroxylation is 2. The van der Waals surface area contributed by atoms with Crippen LogP contribution in [0.1, 0.15) is 43.9 Å². The highest BCUT2D eigenvalue weighted by molar-refractivity contribution is 7.99. The minimum absolute atomic E-state index is 0.163. The van der Waals surface area contributed by atoms with Crippen LogP contribution in [-0.2, 0) is 5.75 Å². The average molecular weight is 295 g/mol. The van der Waals surface area contributed by atoms with Crippen molar-refractivity contribution in [2.45, 2.75) is 57.6 Å². The maximum atomic E-state index is 9.55. The molecule has 0 heterocycles. The van der Waals surface area contributed by atoms with Gasteiger partial charge < -0.3 is 10.4 Å². The van der Waals surface area contributed by atoms with E-state index in [1.165, 1.54) is 16.7 Å². The highest BCUT2D eigenvalue weighted by Gasteiger charge is 2.24. The third kappa shape index (κ3) is 5.86. The molecule has 1 aromatic carbocycles. The first kappa shape index (κ1) is 17.5. The lowest BCUT2D eigenvalue weighted by Crippen LogP contribution is -2.47. The first-order valence-corrected chi connectivity index (χ1v) is 8.48. The first-order chi connectivity index (χ1) is 9.38. The molecule has 1 rings (SSSR count). The van der Waals surface area contributed by atoms with Crippen LogP contribution in [0.4, 0.5) is 0 Å². The third-order valence-corrected chi connectivity index (χ3v) is 4.74. The molecule has 0 aliphatic carbocycles. The Hall–Kier alpha value is -0.510. The van der Waals surface area contributed by atoms with Crippen molar-refractivity contribution in [2.24, 2.45) is 0 Å². The fraction of sp³-hybridized carbons (Fsp3) is 0.647. The summed E-state index contributed by atoms with van der Waals surface area (Å²) in [7, 11) is 0. The van der Waals surface area contributed by atoms with E-state index in [0.29, 0.717) is 5.25 Å². The van der Waals surface area contributed by atoms with E-state index in [2.05, 4.69) is 58.1 Å². The molecule has 0 aromatic heterocycles. The van der Waals surface area contributed by atoms with Crippen molar-refractivity contribution in [3.05, 3.63) is 34.9 Å². The Kier molecular flexibility index (Phi) is 7.07. The van der Waals surface area contributed by atoms with E-state index in [9.17, 15) is 5.11 Å². The zero-order chi connectivity index (χ0) is 15.2. The molecule has 0 bridgehead atoms. The van der Waals surface area contributed by atoms with Crippen LogP contribution in [0.15, 0.2) is 18.2 Å². The molecule has 0 spiro atoms. The molecule has 0 radical (unpaired) electrons. The fourth-order valence-electron chi connectivity index (χ4n) is 2.70. The number of hydrogen-bond donors (Lipinski definition) is 2. The first-order valence-electron chi connectivity index (χ1n) is 7.43. The Morgan fingerprint density at radius 1 is 1.25 bits per heavy atom. The van der Waals surface area contributed by atoms with Crippen LogP contribution in [0.5, 0.6) is 0 Å². The lowest BCUT2D eigenvalue weighted by Gasteiger charge is -2.31. The summed E-state index contributed by atoms with van der Waals surface area (Å²) in [6.45, 7) is 11.8. The van der Waals surface area contributed by atoms with Crippen molar-refractivity contribution in [3.63, 3.8) is 0 Å². The van der Waals surface area contributed by atoms with Gasteiger partial charge in [0.05, 0.1) is 6.61 Å². The van der Waals surface area contributed by atoms with Crippen molar-refractivity contribution >= 4 is 11.8 Å². The van der Waals surface area contributed by atoms with Crippen molar-refractivity contribution in [1.29, 1.82) is 0 Å². The fourth-order valence-corrected chi connectivity index (χ4v) is 3.83. The standard InChI is InChI=1S/C17H29NOS/c1-6-18-17(5,12-19)10-15(4)20-11-16-8-13(2)7-14(3)9-16/h7-9,15,18-19H,6,10-12H2,1-5H3. The van der Waals surface area contributed by atoms with E-state index >= 15 is 0 Å². The van der Waals surface area contributed by atoms with Crippen LogP contribution in [0.2, 0.25) is 0 Å². The zero-order valence-electron chi connectivity index (χ0n) is 13.5. The van der Waals surface area contributed by atoms with Crippen molar-refractivity contribution in [1.82, 2.24) is 5.32 Å². The molecule has 0 fully saturated rings. The maximum absolute atomic E-state index is 9.55. The van der Waals surface area contributed by atoms with Crippen molar-refractivity contribution in [3.8, 4) is 0 Å². The van der Waals surface area contributed by atoms with Gasteiger partial charge in [-0.1, -0.05) is 43.2 Å². The van der Waals surface area contributed by atoms with Gasteiger partial charge in [-0.15, -0.1) is 0 Å². The number of benzene rings is 1. The number of aliphatic hydroxyl groups excluding tert-OH is 1. The summed E-state index contributed by atoms with van der Waals surface area (Å²) in [5.74, 6) is 1.04. The van der Waals surface area contributed by atoms with Crippen molar-refractivity contribution < 1.29 is 5.11 Å². The van der Waals surface area contributed by atoms with Gasteiger partial charge in [0.2, 0.25) is 0 Å². The summed E-state index contributed by atoms with van der Waals surface area (Å²) < 4.78 is 0. The predicted molar refractivity (Wildman–Crippen MR) is 90.5 cm³/mol. The van der Waals surface area contributed by atoms with E-state index in [4.69, 9.17) is 0 Å². The lowest BCUT2D eigenvalue weighted by atomic mass is 9.97. The van der Waals surface area contributed by atoms with Gasteiger partial charge in [-0.25, -0.2) is 0 Å². The molecule has 0 aliphatic heterocycles. The van der Waals surface area contributed by atoms with Crippen LogP contribution >= 0.6 is 11.8 Å². The number of hydrogen-bond acceptors (Lipinski definition) is 3. The average Bonchev–Trinajstić information content (AvgIpc) is 2.35. The van der Waals surface area contributed by atoms with Gasteiger partial charge in [-0.05, 0) is 39.3 Å². The molecular weight excluding hydrogens is 266 g/mol. The van der Waals surface area contributed by atoms with E-state index < -0.39 is 0 Å². The van der Waals surface area contributed by atoms with E-state index in [1.54, 1.807) is 0 Å². The Bertz CT molecular complexity index is 401. The summed E-state index contributed by atoms with van der Waals surface area (Å²) in [6, 6.07) is 6.75. The molecule has 2 nitrogen and oxygen atoms in total. The molecule has 0 saturated heterocycles. The molecule has 0 aliphatic rings. The van der Waals surface area contributed by atoms with E-state index in [1.807, 2.05) is 11.8 Å². The second kappa shape index (κ2) is 8.06. The Morgan fingerprint density at radius 2 is 1.85 bits per heavy atom. The monoisotopic (exact) mass is 295 g/mol. The normalized spacial score (nSPS) is 15.9. The van der Waals surface area contributed by atoms with Crippen molar-refractivity contribution in [2.75, 3.05) is 13.2 Å². The van der Waals surface area contributed by atoms with Gasteiger partial charge in [-0.2, -0.15) is 11.8 Å². The third-order valence-electron chi connectivity index (χ3n) is 3.51. The molecule has 2 N–H and O–H groups in total. The Balaban J connectivity index is 2.52. The van der Waals surface area contributed by atoms with Crippen LogP contribution in [0, 0.1) is 13.8 Å². The Morgan fingerprint density at radius 3 is 2.35 bits per heavy atom. The SMILES string of the molecule is CCNC(C)(CO)CC(C)SCc1cc(C)cc(C)c1. The van der Waals surface area contributed by atoms with Gasteiger partial charge in [0.1, 0.15) is 0 Å². The molecule has 2 unspecified atom stereocenters. The second-order valence-corrected chi connectivity index (χ2v) is 7.50. The molecule has 114 valence electrons. The van der Waals surface area contributed by atoms with Crippen LogP contribution in [0.3, 0.4) is 0 Å². The number of nitrogens with one attached hydrogen (secondary N) is 1. The smallest absolute Gasteiger partial charge is 0.0611 e. The second-order valence-electron chi connectivity index (χ2n) is 6.07. The summed E-state index contributed by atoms with van der Waals surface area (Å²) >= 11 is 1.96. The van der Waals surface area contributed by atoms with Gasteiger partial charge >= 0.3 is 0 Å². The number of thioether (sulfide) groups is 1. The number of aliphatic hydroxyl groups is 1. The summed E-state index contributed by atoms with van der Waals surface area (Å²) in [4.78, 5) is 0. The van der Waals surface area contributed by atoms with Gasteiger partial charge in [0, 0.05) is 16.5 Å². The van der Waals surface area contributed by atoms with E-state index in [0.717, 1.165) is 18.7 Å². The molecule has 2 atom stereocenters. The quantitative estimate of drug-likeness (QED) is 0.767. The minimum atomic E-state index is -0.163. The molecule has 0 amide bonds. The molecule has 1 aromatic rings. The zero-order valence-corrected chi connectivity index (χ0v) is 14.3. The molecule has 0 saturated carbocycles. The summed E-state index contributed by atoms with van der Waals surface area (Å²) in [6.07, 6.45) is 0.979. The number of likely N-dealkylation sites (N-methyl/N-ethyl adjacent to an activating group) is 1. The predicted octanol–water partition coefficient (Wildman–Crippen LogP) is 3.68. The van der Waals surface area contributed by atoms with Crippen LogP contribution in [-0.4, -0.2) is 29.0 Å². The molecule has 20 heavy (non-hydrogen) atoms. The highest BCUT2D eigenvalue weighted by atomic mass is 32.2. The maximum Gasteiger partial charge on any atom is 0.0611 e. The molecular formula is C17H29NOS. The summed E-state index contributed by atoms with van der Waals surface area (Å²) in [5.41, 5.74) is 3.90. The Labute approximate surface area is 128 Å². The van der Waals surface area contributed by atoms with Gasteiger partial charge in [0.15, 0.2) is 0 Å². The van der Waals surface area contributed by atoms with Gasteiger partial charge in [-0.3, -0.25) is 0 Å². The van der Waals surface area contributed by atoms with E-state index in [-0.39, 0.29) is 12.1 Å². The topological polar surface area (TPSA) is 32.3 Å². The largest absolute Gasteiger partial charge is 0.394 e. The number of rotatable bonds is 8. The highest BCUT2D eigenvalue weighted by Crippen LogP contribution is 2.25. The lowest BCUT2D eigenvalue weighted by molar-refractivity contribution is 0.168. The summed E-state index contributed by atoms with van der Waals surface area (Å²) in [5, 5.41) is 13.5. The minimum Gasteiger partial charge on any atom is -0.394 e. The van der Waals surface area contributed by atoms with Crippen LogP contribution < -0.4 is 5.32 Å². The van der Waals surface area contributed by atoms with Gasteiger partial charge in [0.25, 0.3) is 0 Å².